The van der Waals surface area contributed by atoms with E-state index >= 15 is 0 Å². The Morgan fingerprint density at radius 1 is 1.26 bits per heavy atom. The van der Waals surface area contributed by atoms with Crippen LogP contribution >= 0.6 is 15.9 Å². The fourth-order valence-electron chi connectivity index (χ4n) is 1.86. The van der Waals surface area contributed by atoms with Gasteiger partial charge in [0.25, 0.3) is 0 Å². The fourth-order valence-corrected chi connectivity index (χ4v) is 2.13. The van der Waals surface area contributed by atoms with Crippen molar-refractivity contribution >= 4 is 21.8 Å². The summed E-state index contributed by atoms with van der Waals surface area (Å²) in [5.74, 6) is 0.123. The number of carbonyl (C=O) groups is 1. The van der Waals surface area contributed by atoms with Gasteiger partial charge in [-0.25, -0.2) is 0 Å². The van der Waals surface area contributed by atoms with Gasteiger partial charge in [-0.2, -0.15) is 0 Å². The average Bonchev–Trinajstić information content (AvgIpc) is 2.38. The maximum atomic E-state index is 11.9. The maximum Gasteiger partial charge on any atom is 0.224 e. The van der Waals surface area contributed by atoms with Gasteiger partial charge < -0.3 is 10.6 Å². The Bertz CT molecular complexity index is 392. The van der Waals surface area contributed by atoms with Crippen molar-refractivity contribution in [2.75, 3.05) is 13.1 Å². The predicted octanol–water partition coefficient (Wildman–Crippen LogP) is 2.74. The monoisotopic (exact) mass is 326 g/mol. The van der Waals surface area contributed by atoms with Crippen LogP contribution in [0.4, 0.5) is 0 Å². The molecule has 0 saturated heterocycles. The highest BCUT2D eigenvalue weighted by molar-refractivity contribution is 9.10. The molecule has 1 rings (SSSR count). The van der Waals surface area contributed by atoms with Crippen LogP contribution in [0.1, 0.15) is 26.3 Å². The van der Waals surface area contributed by atoms with Crippen LogP contribution in [-0.2, 0) is 11.2 Å². The van der Waals surface area contributed by atoms with Gasteiger partial charge in [0.15, 0.2) is 0 Å². The van der Waals surface area contributed by atoms with Crippen molar-refractivity contribution in [3.8, 4) is 0 Å². The molecule has 0 aliphatic carbocycles. The lowest BCUT2D eigenvalue weighted by Crippen LogP contribution is -2.40. The van der Waals surface area contributed by atoms with Crippen LogP contribution in [0.15, 0.2) is 28.7 Å². The Hall–Kier alpha value is -0.870. The van der Waals surface area contributed by atoms with Gasteiger partial charge in [-0.05, 0) is 37.6 Å². The first-order valence-corrected chi connectivity index (χ1v) is 7.57. The molecule has 0 heterocycles. The SMILES string of the molecule is CCNCC(C)C(=O)NC(C)Cc1ccc(Br)cc1. The smallest absolute Gasteiger partial charge is 0.224 e. The maximum absolute atomic E-state index is 11.9. The molecule has 0 bridgehead atoms. The van der Waals surface area contributed by atoms with E-state index < -0.39 is 0 Å². The van der Waals surface area contributed by atoms with E-state index in [-0.39, 0.29) is 17.9 Å². The Kier molecular flexibility index (Phi) is 7.10. The number of rotatable bonds is 7. The predicted molar refractivity (Wildman–Crippen MR) is 83.2 cm³/mol. The first kappa shape index (κ1) is 16.2. The molecule has 1 aromatic rings. The van der Waals surface area contributed by atoms with Crippen LogP contribution in [-0.4, -0.2) is 25.0 Å². The van der Waals surface area contributed by atoms with Gasteiger partial charge in [0, 0.05) is 23.0 Å². The highest BCUT2D eigenvalue weighted by Gasteiger charge is 2.14. The second-order valence-corrected chi connectivity index (χ2v) is 5.86. The first-order chi connectivity index (χ1) is 9.02. The third-order valence-corrected chi connectivity index (χ3v) is 3.52. The number of halogens is 1. The topological polar surface area (TPSA) is 41.1 Å². The second kappa shape index (κ2) is 8.33. The lowest BCUT2D eigenvalue weighted by Gasteiger charge is -2.18. The van der Waals surface area contributed by atoms with Crippen molar-refractivity contribution in [1.82, 2.24) is 10.6 Å². The summed E-state index contributed by atoms with van der Waals surface area (Å²) < 4.78 is 1.08. The molecule has 0 fully saturated rings. The van der Waals surface area contributed by atoms with Crippen LogP contribution in [0.25, 0.3) is 0 Å². The summed E-state index contributed by atoms with van der Waals surface area (Å²) in [5.41, 5.74) is 1.23. The van der Waals surface area contributed by atoms with E-state index in [1.807, 2.05) is 32.9 Å². The summed E-state index contributed by atoms with van der Waals surface area (Å²) in [6, 6.07) is 8.36. The highest BCUT2D eigenvalue weighted by atomic mass is 79.9. The number of hydrogen-bond donors (Lipinski definition) is 2. The summed E-state index contributed by atoms with van der Waals surface area (Å²) in [6.07, 6.45) is 0.854. The van der Waals surface area contributed by atoms with Crippen LogP contribution in [0.2, 0.25) is 0 Å². The van der Waals surface area contributed by atoms with Gasteiger partial charge in [-0.1, -0.05) is 41.9 Å². The molecule has 106 valence electrons. The molecule has 0 saturated carbocycles. The van der Waals surface area contributed by atoms with Crippen LogP contribution in [0, 0.1) is 5.92 Å². The minimum absolute atomic E-state index is 0.00678. The van der Waals surface area contributed by atoms with E-state index in [0.717, 1.165) is 24.0 Å². The van der Waals surface area contributed by atoms with Crippen molar-refractivity contribution in [3.63, 3.8) is 0 Å². The van der Waals surface area contributed by atoms with Gasteiger partial charge >= 0.3 is 0 Å². The third kappa shape index (κ3) is 6.21. The summed E-state index contributed by atoms with van der Waals surface area (Å²) >= 11 is 3.42. The van der Waals surface area contributed by atoms with Gasteiger partial charge in [-0.15, -0.1) is 0 Å². The first-order valence-electron chi connectivity index (χ1n) is 6.78. The summed E-state index contributed by atoms with van der Waals surface area (Å²) in [4.78, 5) is 11.9. The van der Waals surface area contributed by atoms with Crippen molar-refractivity contribution < 1.29 is 4.79 Å². The van der Waals surface area contributed by atoms with Crippen molar-refractivity contribution in [2.24, 2.45) is 5.92 Å². The highest BCUT2D eigenvalue weighted by Crippen LogP contribution is 2.12. The van der Waals surface area contributed by atoms with Gasteiger partial charge in [0.05, 0.1) is 0 Å². The Labute approximate surface area is 124 Å². The molecule has 0 aliphatic heterocycles. The Balaban J connectivity index is 2.39. The zero-order valence-electron chi connectivity index (χ0n) is 11.9. The zero-order valence-corrected chi connectivity index (χ0v) is 13.5. The van der Waals surface area contributed by atoms with Gasteiger partial charge in [0.2, 0.25) is 5.91 Å². The van der Waals surface area contributed by atoms with E-state index in [9.17, 15) is 4.79 Å². The van der Waals surface area contributed by atoms with E-state index in [1.165, 1.54) is 5.56 Å². The normalized spacial score (nSPS) is 13.9. The Morgan fingerprint density at radius 3 is 2.47 bits per heavy atom. The molecule has 0 radical (unpaired) electrons. The van der Waals surface area contributed by atoms with Crippen LogP contribution in [0.3, 0.4) is 0 Å². The lowest BCUT2D eigenvalue weighted by molar-refractivity contribution is -0.124. The van der Waals surface area contributed by atoms with Gasteiger partial charge in [-0.3, -0.25) is 4.79 Å². The van der Waals surface area contributed by atoms with E-state index in [2.05, 4.69) is 38.7 Å². The molecule has 0 spiro atoms. The fraction of sp³-hybridized carbons (Fsp3) is 0.533. The van der Waals surface area contributed by atoms with Gasteiger partial charge in [0.1, 0.15) is 0 Å². The Morgan fingerprint density at radius 2 is 1.89 bits per heavy atom. The number of amides is 1. The minimum atomic E-state index is 0.00678. The van der Waals surface area contributed by atoms with Crippen molar-refractivity contribution in [3.05, 3.63) is 34.3 Å². The molecule has 0 aliphatic rings. The summed E-state index contributed by atoms with van der Waals surface area (Å²) in [7, 11) is 0. The largest absolute Gasteiger partial charge is 0.353 e. The molecule has 2 N–H and O–H groups in total. The second-order valence-electron chi connectivity index (χ2n) is 4.95. The quantitative estimate of drug-likeness (QED) is 0.808. The summed E-state index contributed by atoms with van der Waals surface area (Å²) in [5, 5.41) is 6.25. The zero-order chi connectivity index (χ0) is 14.3. The molecule has 2 atom stereocenters. The third-order valence-electron chi connectivity index (χ3n) is 2.99. The molecule has 3 nitrogen and oxygen atoms in total. The molecule has 1 amide bonds. The molecular weight excluding hydrogens is 304 g/mol. The standard InChI is InChI=1S/C15H23BrN2O/c1-4-17-10-11(2)15(19)18-12(3)9-13-5-7-14(16)8-6-13/h5-8,11-12,17H,4,9-10H2,1-3H3,(H,18,19). The van der Waals surface area contributed by atoms with Crippen molar-refractivity contribution in [1.29, 1.82) is 0 Å². The minimum Gasteiger partial charge on any atom is -0.353 e. The van der Waals surface area contributed by atoms with Crippen molar-refractivity contribution in [2.45, 2.75) is 33.2 Å². The number of carbonyl (C=O) groups excluding carboxylic acids is 1. The lowest BCUT2D eigenvalue weighted by atomic mass is 10.1. The molecular formula is C15H23BrN2O. The molecule has 2 unspecified atom stereocenters. The van der Waals surface area contributed by atoms with Crippen LogP contribution < -0.4 is 10.6 Å². The van der Waals surface area contributed by atoms with Crippen LogP contribution in [0.5, 0.6) is 0 Å². The number of nitrogens with one attached hydrogen (secondary N) is 2. The number of hydrogen-bond acceptors (Lipinski definition) is 2. The molecule has 1 aromatic carbocycles. The van der Waals surface area contributed by atoms with E-state index in [0.29, 0.717) is 0 Å². The molecule has 19 heavy (non-hydrogen) atoms. The number of benzene rings is 1. The average molecular weight is 327 g/mol. The van der Waals surface area contributed by atoms with E-state index in [4.69, 9.17) is 0 Å². The summed E-state index contributed by atoms with van der Waals surface area (Å²) in [6.45, 7) is 7.66. The molecule has 4 heteroatoms. The molecule has 0 aromatic heterocycles. The van der Waals surface area contributed by atoms with E-state index in [1.54, 1.807) is 0 Å².